The van der Waals surface area contributed by atoms with Gasteiger partial charge in [-0.1, -0.05) is 6.07 Å². The molecule has 0 aliphatic heterocycles. The lowest BCUT2D eigenvalue weighted by atomic mass is 9.88. The van der Waals surface area contributed by atoms with E-state index in [4.69, 9.17) is 9.47 Å². The Bertz CT molecular complexity index is 394. The number of halogens is 1. The number of benzene rings is 1. The minimum Gasteiger partial charge on any atom is -0.486 e. The van der Waals surface area contributed by atoms with E-state index >= 15 is 0 Å². The van der Waals surface area contributed by atoms with E-state index in [9.17, 15) is 5.11 Å². The summed E-state index contributed by atoms with van der Waals surface area (Å²) in [4.78, 5) is 0. The second-order valence-electron chi connectivity index (χ2n) is 4.31. The number of hydrogen-bond acceptors (Lipinski definition) is 3. The Balaban J connectivity index is 2.01. The van der Waals surface area contributed by atoms with Crippen molar-refractivity contribution in [3.05, 3.63) is 28.2 Å². The molecule has 2 rings (SSSR count). The Morgan fingerprint density at radius 3 is 2.82 bits per heavy atom. The summed E-state index contributed by atoms with van der Waals surface area (Å²) in [5.41, 5.74) is 1.18. The Labute approximate surface area is 110 Å². The summed E-state index contributed by atoms with van der Waals surface area (Å²) in [7, 11) is 0. The standard InChI is InChI=1S/C13H17BrO3/c1-3-16-13-10(15)7-12(13)17-11-5-4-8(2)6-9(11)14/h4-6,10,12-13,15H,3,7H2,1-2H3. The van der Waals surface area contributed by atoms with Crippen LogP contribution in [0.1, 0.15) is 18.9 Å². The fourth-order valence-corrected chi connectivity index (χ4v) is 2.54. The molecule has 3 unspecified atom stereocenters. The lowest BCUT2D eigenvalue weighted by Gasteiger charge is -2.40. The second kappa shape index (κ2) is 5.38. The second-order valence-corrected chi connectivity index (χ2v) is 5.17. The molecule has 0 radical (unpaired) electrons. The lowest BCUT2D eigenvalue weighted by Crippen LogP contribution is -2.55. The highest BCUT2D eigenvalue weighted by atomic mass is 79.9. The van der Waals surface area contributed by atoms with Gasteiger partial charge in [0.1, 0.15) is 18.0 Å². The number of aliphatic hydroxyl groups excluding tert-OH is 1. The summed E-state index contributed by atoms with van der Waals surface area (Å²) < 4.78 is 12.2. The molecule has 0 aromatic heterocycles. The highest BCUT2D eigenvalue weighted by Gasteiger charge is 2.42. The molecule has 0 amide bonds. The van der Waals surface area contributed by atoms with Gasteiger partial charge < -0.3 is 14.6 Å². The van der Waals surface area contributed by atoms with Crippen LogP contribution in [0.25, 0.3) is 0 Å². The molecule has 0 heterocycles. The van der Waals surface area contributed by atoms with Gasteiger partial charge in [0.2, 0.25) is 0 Å². The molecule has 0 spiro atoms. The van der Waals surface area contributed by atoms with Crippen molar-refractivity contribution in [2.75, 3.05) is 6.61 Å². The summed E-state index contributed by atoms with van der Waals surface area (Å²) in [5.74, 6) is 0.803. The van der Waals surface area contributed by atoms with Gasteiger partial charge in [-0.3, -0.25) is 0 Å². The van der Waals surface area contributed by atoms with E-state index in [1.807, 2.05) is 32.0 Å². The average Bonchev–Trinajstić information content (AvgIpc) is 2.28. The van der Waals surface area contributed by atoms with Crippen molar-refractivity contribution in [1.29, 1.82) is 0 Å². The first-order chi connectivity index (χ1) is 8.11. The van der Waals surface area contributed by atoms with E-state index in [-0.39, 0.29) is 12.2 Å². The molecule has 3 nitrogen and oxygen atoms in total. The zero-order valence-corrected chi connectivity index (χ0v) is 11.6. The Hall–Kier alpha value is -0.580. The van der Waals surface area contributed by atoms with Crippen molar-refractivity contribution in [1.82, 2.24) is 0 Å². The predicted octanol–water partition coefficient (Wildman–Crippen LogP) is 2.67. The van der Waals surface area contributed by atoms with Crippen LogP contribution in [0.5, 0.6) is 5.75 Å². The molecule has 1 aromatic carbocycles. The summed E-state index contributed by atoms with van der Waals surface area (Å²) in [6, 6.07) is 5.96. The maximum Gasteiger partial charge on any atom is 0.134 e. The average molecular weight is 301 g/mol. The highest BCUT2D eigenvalue weighted by molar-refractivity contribution is 9.10. The van der Waals surface area contributed by atoms with Crippen LogP contribution in [0.4, 0.5) is 0 Å². The smallest absolute Gasteiger partial charge is 0.134 e. The fraction of sp³-hybridized carbons (Fsp3) is 0.538. The molecular weight excluding hydrogens is 284 g/mol. The maximum atomic E-state index is 9.58. The van der Waals surface area contributed by atoms with Gasteiger partial charge in [-0.05, 0) is 47.5 Å². The molecule has 1 fully saturated rings. The Morgan fingerprint density at radius 2 is 2.24 bits per heavy atom. The topological polar surface area (TPSA) is 38.7 Å². The van der Waals surface area contributed by atoms with Crippen LogP contribution in [-0.4, -0.2) is 30.0 Å². The van der Waals surface area contributed by atoms with Crippen molar-refractivity contribution in [2.24, 2.45) is 0 Å². The third kappa shape index (κ3) is 2.81. The number of aliphatic hydroxyl groups is 1. The Morgan fingerprint density at radius 1 is 1.47 bits per heavy atom. The van der Waals surface area contributed by atoms with Crippen LogP contribution in [0, 0.1) is 6.92 Å². The van der Waals surface area contributed by atoms with Crippen molar-refractivity contribution in [3.63, 3.8) is 0 Å². The van der Waals surface area contributed by atoms with Crippen LogP contribution in [0.3, 0.4) is 0 Å². The van der Waals surface area contributed by atoms with E-state index in [0.29, 0.717) is 13.0 Å². The summed E-state index contributed by atoms with van der Waals surface area (Å²) in [6.07, 6.45) is -0.0216. The first-order valence-corrected chi connectivity index (χ1v) is 6.63. The molecular formula is C13H17BrO3. The highest BCUT2D eigenvalue weighted by Crippen LogP contribution is 2.33. The molecule has 0 saturated heterocycles. The maximum absolute atomic E-state index is 9.58. The van der Waals surface area contributed by atoms with Gasteiger partial charge in [-0.25, -0.2) is 0 Å². The monoisotopic (exact) mass is 300 g/mol. The SMILES string of the molecule is CCOC1C(O)CC1Oc1ccc(C)cc1Br. The molecule has 17 heavy (non-hydrogen) atoms. The molecule has 1 aromatic rings. The number of ether oxygens (including phenoxy) is 2. The van der Waals surface area contributed by atoms with E-state index in [0.717, 1.165) is 10.2 Å². The predicted molar refractivity (Wildman–Crippen MR) is 69.3 cm³/mol. The largest absolute Gasteiger partial charge is 0.486 e. The van der Waals surface area contributed by atoms with Crippen molar-refractivity contribution in [2.45, 2.75) is 38.6 Å². The van der Waals surface area contributed by atoms with Crippen LogP contribution in [0.2, 0.25) is 0 Å². The van der Waals surface area contributed by atoms with Crippen LogP contribution >= 0.6 is 15.9 Å². The molecule has 1 saturated carbocycles. The van der Waals surface area contributed by atoms with Gasteiger partial charge in [0.15, 0.2) is 0 Å². The minimum absolute atomic E-state index is 0.0519. The van der Waals surface area contributed by atoms with E-state index in [2.05, 4.69) is 15.9 Å². The van der Waals surface area contributed by atoms with E-state index in [1.54, 1.807) is 0 Å². The van der Waals surface area contributed by atoms with Crippen molar-refractivity contribution >= 4 is 15.9 Å². The summed E-state index contributed by atoms with van der Waals surface area (Å²) >= 11 is 3.47. The van der Waals surface area contributed by atoms with Crippen molar-refractivity contribution < 1.29 is 14.6 Å². The molecule has 94 valence electrons. The Kier molecular flexibility index (Phi) is 4.07. The number of hydrogen-bond donors (Lipinski definition) is 1. The fourth-order valence-electron chi connectivity index (χ4n) is 1.95. The lowest BCUT2D eigenvalue weighted by molar-refractivity contribution is -0.160. The number of rotatable bonds is 4. The molecule has 1 aliphatic rings. The van der Waals surface area contributed by atoms with Crippen molar-refractivity contribution in [3.8, 4) is 5.75 Å². The van der Waals surface area contributed by atoms with Gasteiger partial charge in [-0.15, -0.1) is 0 Å². The van der Waals surface area contributed by atoms with Crippen LogP contribution in [0.15, 0.2) is 22.7 Å². The van der Waals surface area contributed by atoms with Gasteiger partial charge >= 0.3 is 0 Å². The third-order valence-electron chi connectivity index (χ3n) is 2.94. The first-order valence-electron chi connectivity index (χ1n) is 5.84. The van der Waals surface area contributed by atoms with E-state index < -0.39 is 6.10 Å². The van der Waals surface area contributed by atoms with Crippen LogP contribution in [-0.2, 0) is 4.74 Å². The molecule has 3 atom stereocenters. The summed E-state index contributed by atoms with van der Waals surface area (Å²) in [6.45, 7) is 4.55. The molecule has 0 bridgehead atoms. The molecule has 4 heteroatoms. The summed E-state index contributed by atoms with van der Waals surface area (Å²) in [5, 5.41) is 9.58. The van der Waals surface area contributed by atoms with Gasteiger partial charge in [0.25, 0.3) is 0 Å². The van der Waals surface area contributed by atoms with Crippen LogP contribution < -0.4 is 4.74 Å². The van der Waals surface area contributed by atoms with Gasteiger partial charge in [0.05, 0.1) is 10.6 Å². The molecule has 1 N–H and O–H groups in total. The molecule has 1 aliphatic carbocycles. The van der Waals surface area contributed by atoms with Gasteiger partial charge in [-0.2, -0.15) is 0 Å². The quantitative estimate of drug-likeness (QED) is 0.929. The van der Waals surface area contributed by atoms with Gasteiger partial charge in [0, 0.05) is 13.0 Å². The first kappa shape index (κ1) is 12.9. The third-order valence-corrected chi connectivity index (χ3v) is 3.56. The zero-order chi connectivity index (χ0) is 12.4. The minimum atomic E-state index is -0.399. The van der Waals surface area contributed by atoms with E-state index in [1.165, 1.54) is 5.56 Å². The normalized spacial score (nSPS) is 27.6. The number of aryl methyl sites for hydroxylation is 1. The zero-order valence-electron chi connectivity index (χ0n) is 10.0.